The maximum Gasteiger partial charge on any atom is 0.435 e. The van der Waals surface area contributed by atoms with Crippen molar-refractivity contribution >= 4 is 5.65 Å². The van der Waals surface area contributed by atoms with Crippen LogP contribution < -0.4 is 5.56 Å². The Kier molecular flexibility index (Phi) is 3.91. The third-order valence-corrected chi connectivity index (χ3v) is 4.67. The zero-order valence-electron chi connectivity index (χ0n) is 15.3. The summed E-state index contributed by atoms with van der Waals surface area (Å²) in [6, 6.07) is 8.07. The molecule has 0 amide bonds. The molecule has 2 N–H and O–H groups in total. The highest BCUT2D eigenvalue weighted by Gasteiger charge is 2.39. The smallest absolute Gasteiger partial charge is 0.342 e. The summed E-state index contributed by atoms with van der Waals surface area (Å²) in [6.07, 6.45) is -4.72. The lowest BCUT2D eigenvalue weighted by molar-refractivity contribution is -0.140. The molecule has 0 aliphatic heterocycles. The van der Waals surface area contributed by atoms with Gasteiger partial charge in [-0.15, -0.1) is 0 Å². The van der Waals surface area contributed by atoms with E-state index in [4.69, 9.17) is 0 Å². The minimum atomic E-state index is -4.72. The normalized spacial score (nSPS) is 12.1. The monoisotopic (exact) mass is 387 g/mol. The van der Waals surface area contributed by atoms with Gasteiger partial charge in [-0.3, -0.25) is 4.79 Å². The quantitative estimate of drug-likeness (QED) is 0.545. The van der Waals surface area contributed by atoms with E-state index in [-0.39, 0.29) is 16.8 Å². The van der Waals surface area contributed by atoms with Gasteiger partial charge in [0.05, 0.1) is 11.3 Å². The molecule has 0 aliphatic rings. The van der Waals surface area contributed by atoms with Gasteiger partial charge >= 0.3 is 6.18 Å². The topological polar surface area (TPSA) is 78.8 Å². The Morgan fingerprint density at radius 1 is 0.964 bits per heavy atom. The van der Waals surface area contributed by atoms with Crippen LogP contribution in [0.1, 0.15) is 22.8 Å². The number of nitrogens with zero attached hydrogens (tertiary/aromatic N) is 3. The summed E-state index contributed by atoms with van der Waals surface area (Å²) in [6.45, 7) is 5.20. The number of aromatic amines is 2. The molecule has 144 valence electrons. The van der Waals surface area contributed by atoms with Crippen molar-refractivity contribution < 1.29 is 13.2 Å². The number of halogens is 3. The third-order valence-electron chi connectivity index (χ3n) is 4.67. The van der Waals surface area contributed by atoms with Crippen molar-refractivity contribution in [2.75, 3.05) is 0 Å². The first-order valence-electron chi connectivity index (χ1n) is 8.50. The van der Waals surface area contributed by atoms with Gasteiger partial charge < -0.3 is 9.97 Å². The number of hydrogen-bond donors (Lipinski definition) is 2. The second-order valence-corrected chi connectivity index (χ2v) is 6.57. The second-order valence-electron chi connectivity index (χ2n) is 6.57. The van der Waals surface area contributed by atoms with E-state index in [1.807, 2.05) is 0 Å². The number of alkyl halides is 3. The SMILES string of the molecule is Cc1nc(-c2c(C)[nH]c3c(-c4ccccc4)c(C(F)(F)F)nn3c2=O)[nH]c1C. The Bertz CT molecular complexity index is 1230. The number of nitrogens with one attached hydrogen (secondary N) is 2. The molecule has 9 heteroatoms. The maximum absolute atomic E-state index is 13.7. The molecule has 6 nitrogen and oxygen atoms in total. The summed E-state index contributed by atoms with van der Waals surface area (Å²) in [5.41, 5.74) is 0.388. The third kappa shape index (κ3) is 2.70. The minimum Gasteiger partial charge on any atom is -0.342 e. The number of H-pyrrole nitrogens is 2. The molecule has 4 rings (SSSR count). The number of imidazole rings is 1. The maximum atomic E-state index is 13.7. The van der Waals surface area contributed by atoms with Gasteiger partial charge in [-0.25, -0.2) is 4.98 Å². The summed E-state index contributed by atoms with van der Waals surface area (Å²) >= 11 is 0. The van der Waals surface area contributed by atoms with Crippen LogP contribution in [0.15, 0.2) is 35.1 Å². The van der Waals surface area contributed by atoms with Crippen LogP contribution in [-0.4, -0.2) is 24.6 Å². The van der Waals surface area contributed by atoms with E-state index in [2.05, 4.69) is 20.1 Å². The Morgan fingerprint density at radius 3 is 2.21 bits per heavy atom. The molecule has 0 fully saturated rings. The van der Waals surface area contributed by atoms with E-state index < -0.39 is 17.4 Å². The van der Waals surface area contributed by atoms with Crippen LogP contribution in [0.2, 0.25) is 0 Å². The average molecular weight is 387 g/mol. The molecule has 3 heterocycles. The molecule has 0 saturated heterocycles. The predicted octanol–water partition coefficient (Wildman–Crippen LogP) is 4.02. The highest BCUT2D eigenvalue weighted by Crippen LogP contribution is 2.38. The van der Waals surface area contributed by atoms with Crippen LogP contribution in [0.25, 0.3) is 28.2 Å². The van der Waals surface area contributed by atoms with Crippen molar-refractivity contribution in [2.45, 2.75) is 26.9 Å². The van der Waals surface area contributed by atoms with Crippen molar-refractivity contribution in [3.8, 4) is 22.5 Å². The van der Waals surface area contributed by atoms with Gasteiger partial charge in [0.2, 0.25) is 0 Å². The lowest BCUT2D eigenvalue weighted by Crippen LogP contribution is -2.20. The molecule has 0 unspecified atom stereocenters. The Morgan fingerprint density at radius 2 is 1.64 bits per heavy atom. The first-order chi connectivity index (χ1) is 13.2. The van der Waals surface area contributed by atoms with Gasteiger partial charge in [-0.2, -0.15) is 22.8 Å². The van der Waals surface area contributed by atoms with E-state index >= 15 is 0 Å². The fraction of sp³-hybridized carbons (Fsp3) is 0.211. The molecule has 1 aromatic carbocycles. The molecule has 0 radical (unpaired) electrons. The molecular formula is C19H16F3N5O. The summed E-state index contributed by atoms with van der Waals surface area (Å²) in [5, 5.41) is 3.62. The number of benzene rings is 1. The van der Waals surface area contributed by atoms with Gasteiger partial charge in [0.25, 0.3) is 5.56 Å². The van der Waals surface area contributed by atoms with Crippen LogP contribution in [0.3, 0.4) is 0 Å². The molecular weight excluding hydrogens is 371 g/mol. The number of hydrogen-bond acceptors (Lipinski definition) is 3. The molecule has 0 saturated carbocycles. The number of rotatable bonds is 2. The predicted molar refractivity (Wildman–Crippen MR) is 98.0 cm³/mol. The molecule has 28 heavy (non-hydrogen) atoms. The van der Waals surface area contributed by atoms with Crippen LogP contribution >= 0.6 is 0 Å². The fourth-order valence-electron chi connectivity index (χ4n) is 3.21. The van der Waals surface area contributed by atoms with Crippen molar-refractivity contribution in [3.63, 3.8) is 0 Å². The van der Waals surface area contributed by atoms with E-state index in [0.29, 0.717) is 22.8 Å². The van der Waals surface area contributed by atoms with Crippen LogP contribution in [0.5, 0.6) is 0 Å². The zero-order valence-corrected chi connectivity index (χ0v) is 15.3. The first kappa shape index (κ1) is 18.0. The highest BCUT2D eigenvalue weighted by atomic mass is 19.4. The minimum absolute atomic E-state index is 0.00947. The number of fused-ring (bicyclic) bond motifs is 1. The van der Waals surface area contributed by atoms with E-state index in [0.717, 1.165) is 10.2 Å². The van der Waals surface area contributed by atoms with Crippen molar-refractivity contribution in [2.24, 2.45) is 0 Å². The molecule has 4 aromatic rings. The van der Waals surface area contributed by atoms with Crippen molar-refractivity contribution in [1.82, 2.24) is 24.6 Å². The summed E-state index contributed by atoms with van der Waals surface area (Å²) < 4.78 is 41.8. The average Bonchev–Trinajstić information content (AvgIpc) is 3.16. The van der Waals surface area contributed by atoms with Gasteiger partial charge in [-0.05, 0) is 26.3 Å². The van der Waals surface area contributed by atoms with Crippen LogP contribution in [0.4, 0.5) is 13.2 Å². The molecule has 0 bridgehead atoms. The van der Waals surface area contributed by atoms with Crippen molar-refractivity contribution in [3.05, 3.63) is 63.5 Å². The van der Waals surface area contributed by atoms with E-state index in [1.54, 1.807) is 51.1 Å². The molecule has 0 spiro atoms. The lowest BCUT2D eigenvalue weighted by Gasteiger charge is -2.07. The van der Waals surface area contributed by atoms with Gasteiger partial charge in [0.15, 0.2) is 5.69 Å². The Balaban J connectivity index is 2.10. The van der Waals surface area contributed by atoms with Crippen molar-refractivity contribution in [1.29, 1.82) is 0 Å². The zero-order chi connectivity index (χ0) is 20.2. The molecule has 0 atom stereocenters. The Hall–Kier alpha value is -3.36. The standard InChI is InChI=1S/C19H16F3N5O/c1-9-10(2)24-16(23-9)13-11(3)25-17-14(12-7-5-4-6-8-12)15(19(20,21)22)26-27(17)18(13)28/h4-8,25H,1-3H3,(H,23,24). The van der Waals surface area contributed by atoms with Gasteiger partial charge in [0.1, 0.15) is 17.0 Å². The van der Waals surface area contributed by atoms with E-state index in [9.17, 15) is 18.0 Å². The number of aryl methyl sites for hydroxylation is 3. The Labute approximate surface area is 157 Å². The second kappa shape index (κ2) is 6.08. The molecule has 0 aliphatic carbocycles. The van der Waals surface area contributed by atoms with Gasteiger partial charge in [-0.1, -0.05) is 30.3 Å². The summed E-state index contributed by atoms with van der Waals surface area (Å²) in [4.78, 5) is 23.3. The fourth-order valence-corrected chi connectivity index (χ4v) is 3.21. The highest BCUT2D eigenvalue weighted by molar-refractivity contribution is 5.81. The number of aromatic nitrogens is 5. The van der Waals surface area contributed by atoms with Crippen LogP contribution in [-0.2, 0) is 6.18 Å². The lowest BCUT2D eigenvalue weighted by atomic mass is 10.1. The summed E-state index contributed by atoms with van der Waals surface area (Å²) in [5.74, 6) is 0.293. The van der Waals surface area contributed by atoms with E-state index in [1.165, 1.54) is 0 Å². The summed E-state index contributed by atoms with van der Waals surface area (Å²) in [7, 11) is 0. The van der Waals surface area contributed by atoms with Gasteiger partial charge in [0, 0.05) is 11.4 Å². The van der Waals surface area contributed by atoms with Crippen LogP contribution in [0, 0.1) is 20.8 Å². The molecule has 3 aromatic heterocycles. The largest absolute Gasteiger partial charge is 0.435 e. The first-order valence-corrected chi connectivity index (χ1v) is 8.50.